The molecular weight excluding hydrogens is 444 g/mol. The number of para-hydroxylation sites is 1. The number of nitrogens with zero attached hydrogens (tertiary/aromatic N) is 3. The molecule has 13 heteroatoms. The van der Waals surface area contributed by atoms with Crippen molar-refractivity contribution in [3.8, 4) is 5.69 Å². The van der Waals surface area contributed by atoms with Crippen LogP contribution < -0.4 is 16.6 Å². The molecule has 0 saturated heterocycles. The molecule has 0 bridgehead atoms. The van der Waals surface area contributed by atoms with Crippen LogP contribution in [0.25, 0.3) is 5.69 Å². The van der Waals surface area contributed by atoms with Gasteiger partial charge in [-0.05, 0) is 24.3 Å². The maximum Gasteiger partial charge on any atom is 0.427 e. The van der Waals surface area contributed by atoms with Gasteiger partial charge in [0, 0.05) is 18.0 Å². The first-order valence-electron chi connectivity index (χ1n) is 8.83. The third kappa shape index (κ3) is 3.08. The number of H-pyrrole nitrogens is 1. The third-order valence-electron chi connectivity index (χ3n) is 4.78. The van der Waals surface area contributed by atoms with Crippen LogP contribution in [0.4, 0.5) is 32.2 Å². The number of pyridine rings is 1. The molecule has 0 unspecified atom stereocenters. The molecule has 3 aromatic rings. The molecule has 3 heterocycles. The van der Waals surface area contributed by atoms with E-state index in [-0.39, 0.29) is 11.3 Å². The van der Waals surface area contributed by atoms with Crippen LogP contribution in [0.15, 0.2) is 69.4 Å². The van der Waals surface area contributed by atoms with Crippen molar-refractivity contribution in [2.45, 2.75) is 17.9 Å². The number of aromatic nitrogens is 3. The first-order chi connectivity index (χ1) is 15.0. The lowest BCUT2D eigenvalue weighted by atomic mass is 9.87. The van der Waals surface area contributed by atoms with Gasteiger partial charge in [0.1, 0.15) is 17.2 Å². The molecule has 1 aliphatic heterocycles. The Morgan fingerprint density at radius 3 is 2.03 bits per heavy atom. The highest BCUT2D eigenvalue weighted by Crippen LogP contribution is 2.55. The van der Waals surface area contributed by atoms with Crippen LogP contribution in [0.5, 0.6) is 0 Å². The fourth-order valence-electron chi connectivity index (χ4n) is 3.40. The summed E-state index contributed by atoms with van der Waals surface area (Å²) < 4.78 is 85.5. The number of hydrogen-bond acceptors (Lipinski definition) is 5. The molecule has 0 saturated carbocycles. The Hall–Kier alpha value is -3.90. The molecule has 32 heavy (non-hydrogen) atoms. The van der Waals surface area contributed by atoms with Crippen LogP contribution in [-0.4, -0.2) is 32.7 Å². The van der Waals surface area contributed by atoms with Crippen molar-refractivity contribution in [1.29, 1.82) is 0 Å². The van der Waals surface area contributed by atoms with Gasteiger partial charge in [0.15, 0.2) is 0 Å². The van der Waals surface area contributed by atoms with E-state index in [1.165, 1.54) is 30.3 Å². The maximum atomic E-state index is 14.2. The number of amidine groups is 1. The van der Waals surface area contributed by atoms with Gasteiger partial charge in [-0.3, -0.25) is 14.8 Å². The minimum atomic E-state index is -6.08. The van der Waals surface area contributed by atoms with E-state index in [0.29, 0.717) is 4.57 Å². The lowest BCUT2D eigenvalue weighted by Crippen LogP contribution is -2.59. The lowest BCUT2D eigenvalue weighted by Gasteiger charge is -2.38. The molecule has 0 aliphatic carbocycles. The summed E-state index contributed by atoms with van der Waals surface area (Å²) in [5.74, 6) is -1.84. The lowest BCUT2D eigenvalue weighted by molar-refractivity contribution is -0.301. The molecular formula is C19H11F6N5O2. The topological polar surface area (TPSA) is 92.1 Å². The van der Waals surface area contributed by atoms with Crippen LogP contribution in [0.2, 0.25) is 0 Å². The molecule has 4 rings (SSSR count). The molecule has 1 aliphatic rings. The van der Waals surface area contributed by atoms with Crippen molar-refractivity contribution in [3.63, 3.8) is 0 Å². The van der Waals surface area contributed by atoms with E-state index in [0.717, 1.165) is 24.5 Å². The second kappa shape index (κ2) is 7.07. The average molecular weight is 455 g/mol. The molecule has 0 spiro atoms. The zero-order valence-corrected chi connectivity index (χ0v) is 15.6. The third-order valence-corrected chi connectivity index (χ3v) is 4.78. The van der Waals surface area contributed by atoms with Gasteiger partial charge in [-0.15, -0.1) is 0 Å². The average Bonchev–Trinajstić information content (AvgIpc) is 2.72. The largest absolute Gasteiger partial charge is 0.427 e. The van der Waals surface area contributed by atoms with Crippen LogP contribution in [-0.2, 0) is 5.54 Å². The zero-order valence-electron chi connectivity index (χ0n) is 15.6. The molecule has 0 radical (unpaired) electrons. The van der Waals surface area contributed by atoms with Crippen LogP contribution in [0.3, 0.4) is 0 Å². The Bertz CT molecular complexity index is 1300. The van der Waals surface area contributed by atoms with Gasteiger partial charge in [0.05, 0.1) is 5.69 Å². The van der Waals surface area contributed by atoms with E-state index in [2.05, 4.69) is 15.3 Å². The first-order valence-corrected chi connectivity index (χ1v) is 8.83. The summed E-state index contributed by atoms with van der Waals surface area (Å²) in [5.41, 5.74) is -10.1. The number of rotatable bonds is 2. The summed E-state index contributed by atoms with van der Waals surface area (Å²) in [7, 11) is 0. The van der Waals surface area contributed by atoms with Gasteiger partial charge in [0.25, 0.3) is 11.1 Å². The quantitative estimate of drug-likeness (QED) is 0.581. The van der Waals surface area contributed by atoms with Gasteiger partial charge >= 0.3 is 18.0 Å². The molecule has 0 amide bonds. The van der Waals surface area contributed by atoms with Gasteiger partial charge in [-0.25, -0.2) is 14.4 Å². The van der Waals surface area contributed by atoms with Crippen LogP contribution in [0.1, 0.15) is 11.1 Å². The minimum Gasteiger partial charge on any atom is -0.325 e. The number of aromatic amines is 1. The number of benzene rings is 1. The maximum absolute atomic E-state index is 14.2. The molecule has 166 valence electrons. The Kier molecular flexibility index (Phi) is 4.71. The number of nitrogens with one attached hydrogen (secondary N) is 2. The summed E-state index contributed by atoms with van der Waals surface area (Å²) >= 11 is 0. The molecule has 7 nitrogen and oxygen atoms in total. The number of alkyl halides is 6. The van der Waals surface area contributed by atoms with Crippen molar-refractivity contribution < 1.29 is 26.3 Å². The number of hydrogen-bond donors (Lipinski definition) is 2. The van der Waals surface area contributed by atoms with Crippen molar-refractivity contribution in [2.24, 2.45) is 4.99 Å². The summed E-state index contributed by atoms with van der Waals surface area (Å²) in [6, 6.07) is 9.19. The van der Waals surface area contributed by atoms with Crippen molar-refractivity contribution in [1.82, 2.24) is 14.5 Å². The fourth-order valence-corrected chi connectivity index (χ4v) is 3.40. The number of anilines is 1. The molecule has 0 fully saturated rings. The number of fused-ring (bicyclic) bond motifs is 1. The summed E-state index contributed by atoms with van der Waals surface area (Å²) in [6.45, 7) is 0. The highest BCUT2D eigenvalue weighted by Gasteiger charge is 2.75. The van der Waals surface area contributed by atoms with E-state index in [1.54, 1.807) is 4.98 Å². The minimum absolute atomic E-state index is 0.0771. The molecule has 0 atom stereocenters. The molecule has 2 aromatic heterocycles. The zero-order chi connectivity index (χ0) is 23.3. The Morgan fingerprint density at radius 1 is 0.875 bits per heavy atom. The second-order valence-electron chi connectivity index (χ2n) is 6.68. The first kappa shape index (κ1) is 21.3. The SMILES string of the molecule is O=c1[nH]c(=O)n(-c2ccccc2)c2c1C(C(F)(F)F)(C(F)(F)F)N=C(c1ccncc1)N2. The monoisotopic (exact) mass is 455 g/mol. The van der Waals surface area contributed by atoms with E-state index in [4.69, 9.17) is 0 Å². The van der Waals surface area contributed by atoms with E-state index >= 15 is 0 Å². The predicted molar refractivity (Wildman–Crippen MR) is 101 cm³/mol. The summed E-state index contributed by atoms with van der Waals surface area (Å²) in [5, 5.41) is 2.33. The highest BCUT2D eigenvalue weighted by molar-refractivity contribution is 6.09. The Balaban J connectivity index is 2.19. The Labute approximate surface area is 174 Å². The highest BCUT2D eigenvalue weighted by atomic mass is 19.4. The van der Waals surface area contributed by atoms with Gasteiger partial charge < -0.3 is 5.32 Å². The standard InChI is InChI=1S/C19H11F6N5O2/c20-18(21,22)17(19(23,24)25)12-14(27-13(29-17)10-6-8-26-9-7-10)30(16(32)28-15(12)31)11-4-2-1-3-5-11/h1-9H,(H,27,29)(H,28,31,32). The van der Waals surface area contributed by atoms with Crippen LogP contribution in [0, 0.1) is 0 Å². The Morgan fingerprint density at radius 2 is 1.47 bits per heavy atom. The second-order valence-corrected chi connectivity index (χ2v) is 6.68. The molecule has 1 aromatic carbocycles. The van der Waals surface area contributed by atoms with Gasteiger partial charge in [-0.1, -0.05) is 18.2 Å². The van der Waals surface area contributed by atoms with Crippen LogP contribution >= 0.6 is 0 Å². The van der Waals surface area contributed by atoms with E-state index < -0.39 is 46.4 Å². The van der Waals surface area contributed by atoms with Gasteiger partial charge in [0.2, 0.25) is 0 Å². The van der Waals surface area contributed by atoms with Crippen molar-refractivity contribution >= 4 is 11.7 Å². The van der Waals surface area contributed by atoms with Crippen molar-refractivity contribution in [2.75, 3.05) is 5.32 Å². The predicted octanol–water partition coefficient (Wildman–Crippen LogP) is 3.11. The summed E-state index contributed by atoms with van der Waals surface area (Å²) in [6.07, 6.45) is -9.88. The smallest absolute Gasteiger partial charge is 0.325 e. The number of halogens is 6. The van der Waals surface area contributed by atoms with Crippen molar-refractivity contribution in [3.05, 3.63) is 86.8 Å². The van der Waals surface area contributed by atoms with Gasteiger partial charge in [-0.2, -0.15) is 26.3 Å². The number of aliphatic imine (C=N–C) groups is 1. The normalized spacial score (nSPS) is 15.5. The van der Waals surface area contributed by atoms with E-state index in [1.807, 2.05) is 0 Å². The summed E-state index contributed by atoms with van der Waals surface area (Å²) in [4.78, 5) is 33.2. The fraction of sp³-hybridized carbons (Fsp3) is 0.158. The van der Waals surface area contributed by atoms with E-state index in [9.17, 15) is 35.9 Å². The molecule has 2 N–H and O–H groups in total.